The summed E-state index contributed by atoms with van der Waals surface area (Å²) in [4.78, 5) is 35.0. The van der Waals surface area contributed by atoms with Gasteiger partial charge in [-0.25, -0.2) is 4.57 Å². The molecule has 0 heterocycles. The maximum absolute atomic E-state index is 12.6. The fraction of sp³-hybridized carbons (Fsp3) is 0.702. The van der Waals surface area contributed by atoms with Gasteiger partial charge >= 0.3 is 19.8 Å². The Balaban J connectivity index is 4.47. The lowest BCUT2D eigenvalue weighted by Gasteiger charge is -2.20. The van der Waals surface area contributed by atoms with E-state index in [0.29, 0.717) is 25.7 Å². The molecule has 0 aliphatic heterocycles. The third kappa shape index (κ3) is 41.9. The Bertz CT molecular complexity index is 1240. The fourth-order valence-corrected chi connectivity index (χ4v) is 6.49. The molecule has 4 N–H and O–H groups in total. The standard InChI is InChI=1S/C47H81O11P/c1-4-5-6-7-24-29-34-43(49)35-30-25-20-16-13-14-18-22-27-32-37-47(52)58-45(41-57-59(53,54)56-39-44(50)38-48)40-55-46(51)36-31-26-21-17-12-10-8-9-11-15-19-23-28-33-42(2)3/h5-6,13-14,20,22,24-25,27,29-30,35,42-45,48-50H,4,7-12,15-19,21,23,26,28,31-34,36-41H2,1-3H3,(H,53,54)/b6-5-,14-13-,25-20-,27-22-,29-24-,35-30+/t43?,44-,45+/m0/s1. The van der Waals surface area contributed by atoms with Crippen molar-refractivity contribution in [3.8, 4) is 0 Å². The van der Waals surface area contributed by atoms with Crippen LogP contribution in [0.3, 0.4) is 0 Å². The molecule has 0 aromatic heterocycles. The zero-order chi connectivity index (χ0) is 43.7. The summed E-state index contributed by atoms with van der Waals surface area (Å²) in [5.41, 5.74) is 0. The normalized spacial score (nSPS) is 15.1. The first-order valence-electron chi connectivity index (χ1n) is 22.4. The molecule has 0 saturated heterocycles. The molecule has 0 rings (SSSR count). The van der Waals surface area contributed by atoms with Gasteiger partial charge in [0.25, 0.3) is 0 Å². The smallest absolute Gasteiger partial charge is 0.462 e. The van der Waals surface area contributed by atoms with Crippen LogP contribution in [0.5, 0.6) is 0 Å². The van der Waals surface area contributed by atoms with Crippen LogP contribution in [-0.2, 0) is 32.7 Å². The molecule has 0 spiro atoms. The average molecular weight is 853 g/mol. The lowest BCUT2D eigenvalue weighted by Crippen LogP contribution is -2.29. The molecule has 2 unspecified atom stereocenters. The summed E-state index contributed by atoms with van der Waals surface area (Å²) in [6.07, 6.45) is 42.0. The number of hydrogen-bond donors (Lipinski definition) is 4. The van der Waals surface area contributed by atoms with E-state index in [0.717, 1.165) is 44.4 Å². The molecule has 0 aromatic rings. The third-order valence-electron chi connectivity index (χ3n) is 9.15. The van der Waals surface area contributed by atoms with Gasteiger partial charge in [0.1, 0.15) is 12.7 Å². The average Bonchev–Trinajstić information content (AvgIpc) is 3.20. The van der Waals surface area contributed by atoms with Gasteiger partial charge in [0.2, 0.25) is 0 Å². The molecular formula is C47H81O11P. The minimum atomic E-state index is -4.65. The summed E-state index contributed by atoms with van der Waals surface area (Å²) in [5.74, 6) is -0.246. The van der Waals surface area contributed by atoms with E-state index in [1.54, 1.807) is 6.08 Å². The van der Waals surface area contributed by atoms with Crippen molar-refractivity contribution in [2.75, 3.05) is 26.4 Å². The second-order valence-electron chi connectivity index (χ2n) is 15.4. The van der Waals surface area contributed by atoms with Crippen LogP contribution in [0.1, 0.15) is 162 Å². The third-order valence-corrected chi connectivity index (χ3v) is 10.1. The lowest BCUT2D eigenvalue weighted by molar-refractivity contribution is -0.161. The predicted octanol–water partition coefficient (Wildman–Crippen LogP) is 10.9. The Morgan fingerprint density at radius 1 is 0.627 bits per heavy atom. The van der Waals surface area contributed by atoms with Gasteiger partial charge in [-0.3, -0.25) is 18.6 Å². The fourth-order valence-electron chi connectivity index (χ4n) is 5.70. The van der Waals surface area contributed by atoms with Gasteiger partial charge < -0.3 is 29.7 Å². The highest BCUT2D eigenvalue weighted by Gasteiger charge is 2.27. The molecule has 4 atom stereocenters. The van der Waals surface area contributed by atoms with Gasteiger partial charge in [0.05, 0.1) is 25.9 Å². The summed E-state index contributed by atoms with van der Waals surface area (Å²) in [6.45, 7) is 4.42. The highest BCUT2D eigenvalue weighted by Crippen LogP contribution is 2.43. The number of phosphoric acid groups is 1. The van der Waals surface area contributed by atoms with Gasteiger partial charge in [-0.05, 0) is 50.9 Å². The molecular weight excluding hydrogens is 771 g/mol. The highest BCUT2D eigenvalue weighted by molar-refractivity contribution is 7.47. The number of ether oxygens (including phenoxy) is 2. The number of esters is 2. The number of allylic oxidation sites excluding steroid dienone is 10. The molecule has 0 bridgehead atoms. The maximum atomic E-state index is 12.6. The van der Waals surface area contributed by atoms with E-state index in [2.05, 4.69) is 37.4 Å². The van der Waals surface area contributed by atoms with E-state index >= 15 is 0 Å². The second kappa shape index (κ2) is 40.8. The van der Waals surface area contributed by atoms with Crippen LogP contribution in [0, 0.1) is 5.92 Å². The van der Waals surface area contributed by atoms with Crippen molar-refractivity contribution in [3.05, 3.63) is 72.9 Å². The Kier molecular flexibility index (Phi) is 38.9. The largest absolute Gasteiger partial charge is 0.472 e. The zero-order valence-electron chi connectivity index (χ0n) is 36.7. The first-order chi connectivity index (χ1) is 28.5. The number of carbonyl (C=O) groups is 2. The van der Waals surface area contributed by atoms with Gasteiger partial charge in [-0.15, -0.1) is 0 Å². The molecule has 59 heavy (non-hydrogen) atoms. The summed E-state index contributed by atoms with van der Waals surface area (Å²) in [7, 11) is -4.65. The van der Waals surface area contributed by atoms with Crippen LogP contribution in [0.15, 0.2) is 72.9 Å². The monoisotopic (exact) mass is 853 g/mol. The quantitative estimate of drug-likeness (QED) is 0.0152. The molecule has 0 aliphatic carbocycles. The minimum Gasteiger partial charge on any atom is -0.462 e. The minimum absolute atomic E-state index is 0.0336. The number of aliphatic hydroxyl groups excluding tert-OH is 3. The Hall–Kier alpha value is -2.63. The second-order valence-corrected chi connectivity index (χ2v) is 16.8. The molecule has 12 heteroatoms. The molecule has 0 radical (unpaired) electrons. The van der Waals surface area contributed by atoms with Crippen molar-refractivity contribution in [2.24, 2.45) is 5.92 Å². The summed E-state index contributed by atoms with van der Waals surface area (Å²) in [5, 5.41) is 28.3. The first-order valence-corrected chi connectivity index (χ1v) is 23.9. The lowest BCUT2D eigenvalue weighted by atomic mass is 10.0. The van der Waals surface area contributed by atoms with Gasteiger partial charge in [-0.1, -0.05) is 177 Å². The predicted molar refractivity (Wildman–Crippen MR) is 239 cm³/mol. The van der Waals surface area contributed by atoms with E-state index < -0.39 is 57.9 Å². The zero-order valence-corrected chi connectivity index (χ0v) is 37.6. The van der Waals surface area contributed by atoms with Gasteiger partial charge in [0.15, 0.2) is 6.10 Å². The van der Waals surface area contributed by atoms with Crippen LogP contribution in [0.4, 0.5) is 0 Å². The number of phosphoric ester groups is 1. The van der Waals surface area contributed by atoms with Crippen molar-refractivity contribution in [2.45, 2.75) is 180 Å². The first kappa shape index (κ1) is 56.4. The van der Waals surface area contributed by atoms with Crippen LogP contribution in [0.2, 0.25) is 0 Å². The topological polar surface area (TPSA) is 169 Å². The van der Waals surface area contributed by atoms with Crippen molar-refractivity contribution in [1.82, 2.24) is 0 Å². The van der Waals surface area contributed by atoms with Crippen LogP contribution in [0.25, 0.3) is 0 Å². The molecule has 340 valence electrons. The van der Waals surface area contributed by atoms with Crippen molar-refractivity contribution in [3.63, 3.8) is 0 Å². The van der Waals surface area contributed by atoms with E-state index in [1.165, 1.54) is 64.2 Å². The number of hydrogen-bond acceptors (Lipinski definition) is 10. The molecule has 0 fully saturated rings. The number of unbranched alkanes of at least 4 members (excludes halogenated alkanes) is 12. The summed E-state index contributed by atoms with van der Waals surface area (Å²) < 4.78 is 32.6. The molecule has 11 nitrogen and oxygen atoms in total. The van der Waals surface area contributed by atoms with E-state index in [-0.39, 0.29) is 19.4 Å². The molecule has 0 saturated carbocycles. The highest BCUT2D eigenvalue weighted by atomic mass is 31.2. The van der Waals surface area contributed by atoms with Gasteiger partial charge in [-0.2, -0.15) is 0 Å². The van der Waals surface area contributed by atoms with Crippen molar-refractivity contribution in [1.29, 1.82) is 0 Å². The summed E-state index contributed by atoms with van der Waals surface area (Å²) in [6, 6.07) is 0. The number of rotatable bonds is 40. The maximum Gasteiger partial charge on any atom is 0.472 e. The Morgan fingerprint density at radius 2 is 1.17 bits per heavy atom. The Morgan fingerprint density at radius 3 is 1.78 bits per heavy atom. The molecule has 0 aromatic carbocycles. The van der Waals surface area contributed by atoms with Gasteiger partial charge in [0, 0.05) is 12.8 Å². The summed E-state index contributed by atoms with van der Waals surface area (Å²) >= 11 is 0. The Labute approximate surface area is 357 Å². The van der Waals surface area contributed by atoms with E-state index in [1.807, 2.05) is 54.7 Å². The van der Waals surface area contributed by atoms with Crippen LogP contribution < -0.4 is 0 Å². The van der Waals surface area contributed by atoms with E-state index in [9.17, 15) is 29.3 Å². The van der Waals surface area contributed by atoms with Crippen molar-refractivity contribution >= 4 is 19.8 Å². The molecule has 0 amide bonds. The molecule has 0 aliphatic rings. The SMILES string of the molecule is CC/C=C\C/C=C\CC(O)/C=C/C=C\C/C=C\C/C=C\CCC(=O)O[C@H](COC(=O)CCCCCCCCCCCCCCCC(C)C)COP(=O)(O)OC[C@@H](O)CO. The van der Waals surface area contributed by atoms with Crippen LogP contribution in [-0.4, -0.2) is 76.9 Å². The van der Waals surface area contributed by atoms with Crippen LogP contribution >= 0.6 is 7.82 Å². The van der Waals surface area contributed by atoms with Crippen molar-refractivity contribution < 1.29 is 52.9 Å². The van der Waals surface area contributed by atoms with E-state index in [4.69, 9.17) is 19.1 Å². The number of carbonyl (C=O) groups excluding carboxylic acids is 2. The number of aliphatic hydroxyl groups is 3.